The first kappa shape index (κ1) is 9.48. The number of hydrogen-bond acceptors (Lipinski definition) is 1. The van der Waals surface area contributed by atoms with Gasteiger partial charge in [0.1, 0.15) is 0 Å². The average molecular weight is 175 g/mol. The summed E-state index contributed by atoms with van der Waals surface area (Å²) in [5.74, 6) is 0.637. The normalized spacial score (nSPS) is 46.6. The maximum Gasteiger partial charge on any atom is 0.00732 e. The van der Waals surface area contributed by atoms with Crippen LogP contribution in [-0.4, -0.2) is 21.9 Å². The van der Waals surface area contributed by atoms with Gasteiger partial charge in [-0.2, -0.15) is 0 Å². The molecular formula is C9H20OP. The maximum absolute atomic E-state index is 10.3. The zero-order chi connectivity index (χ0) is 9.08. The van der Waals surface area contributed by atoms with Crippen molar-refractivity contribution in [2.75, 3.05) is 6.66 Å². The van der Waals surface area contributed by atoms with Crippen molar-refractivity contribution in [1.29, 1.82) is 0 Å². The summed E-state index contributed by atoms with van der Waals surface area (Å²) < 4.78 is 0. The molecule has 0 aromatic carbocycles. The van der Waals surface area contributed by atoms with Crippen molar-refractivity contribution in [3.8, 4) is 0 Å². The Kier molecular flexibility index (Phi) is 1.73. The monoisotopic (exact) mass is 175 g/mol. The fourth-order valence-electron chi connectivity index (χ4n) is 2.30. The second-order valence-electron chi connectivity index (χ2n) is 4.99. The van der Waals surface area contributed by atoms with Gasteiger partial charge in [0.15, 0.2) is 0 Å². The fraction of sp³-hybridized carbons (Fsp3) is 1.00. The minimum atomic E-state index is -1.68. The fourth-order valence-corrected chi connectivity index (χ4v) is 5.73. The lowest BCUT2D eigenvalue weighted by atomic mass is 9.83. The van der Waals surface area contributed by atoms with Crippen molar-refractivity contribution in [3.63, 3.8) is 0 Å². The summed E-state index contributed by atoms with van der Waals surface area (Å²) in [5, 5.41) is 0.354. The van der Waals surface area contributed by atoms with Crippen LogP contribution < -0.4 is 0 Å². The van der Waals surface area contributed by atoms with Gasteiger partial charge in [0, 0.05) is 10.3 Å². The molecule has 1 aliphatic heterocycles. The Morgan fingerprint density at radius 2 is 1.36 bits per heavy atom. The quantitative estimate of drug-likeness (QED) is 0.561. The van der Waals surface area contributed by atoms with E-state index < -0.39 is 7.49 Å². The molecule has 0 aromatic rings. The maximum atomic E-state index is 10.3. The molecule has 1 rings (SSSR count). The molecule has 1 aliphatic rings. The molecule has 67 valence electrons. The second kappa shape index (κ2) is 2.00. The van der Waals surface area contributed by atoms with Crippen LogP contribution in [-0.2, 0) is 0 Å². The molecule has 2 heteroatoms. The lowest BCUT2D eigenvalue weighted by molar-refractivity contribution is 0.252. The molecule has 0 bridgehead atoms. The Bertz CT molecular complexity index is 164. The summed E-state index contributed by atoms with van der Waals surface area (Å²) in [6, 6.07) is 0. The van der Waals surface area contributed by atoms with E-state index in [1.165, 1.54) is 0 Å². The van der Waals surface area contributed by atoms with Gasteiger partial charge >= 0.3 is 0 Å². The molecule has 0 aromatic heterocycles. The molecule has 1 fully saturated rings. The Hall–Kier alpha value is 0.390. The largest absolute Gasteiger partial charge is 0.379 e. The summed E-state index contributed by atoms with van der Waals surface area (Å²) in [5.41, 5.74) is 0. The predicted octanol–water partition coefficient (Wildman–Crippen LogP) is 2.75. The minimum Gasteiger partial charge on any atom is -0.379 e. The van der Waals surface area contributed by atoms with E-state index in [0.29, 0.717) is 5.92 Å². The molecule has 0 atom stereocenters. The summed E-state index contributed by atoms with van der Waals surface area (Å²) in [6.45, 7) is 13.1. The number of rotatable bonds is 0. The van der Waals surface area contributed by atoms with Crippen molar-refractivity contribution < 1.29 is 4.89 Å². The smallest absolute Gasteiger partial charge is 0.00732 e. The molecular weight excluding hydrogens is 155 g/mol. The first-order valence-corrected chi connectivity index (χ1v) is 6.44. The van der Waals surface area contributed by atoms with E-state index in [1.54, 1.807) is 0 Å². The van der Waals surface area contributed by atoms with Crippen LogP contribution in [0.4, 0.5) is 0 Å². The SMILES string of the molecule is CC1C(C)(C)[P](C)(O)C1(C)C. The van der Waals surface area contributed by atoms with Crippen LogP contribution >= 0.6 is 7.49 Å². The highest BCUT2D eigenvalue weighted by Gasteiger charge is 2.65. The van der Waals surface area contributed by atoms with Gasteiger partial charge in [0.25, 0.3) is 0 Å². The Labute approximate surface area is 70.6 Å². The minimum absolute atomic E-state index is 0.177. The standard InChI is InChI=1S/C9H20OP/c1-7-8(2,3)11(6,10)9(7,4)5/h7,10H,1-6H3. The Morgan fingerprint density at radius 3 is 1.45 bits per heavy atom. The highest BCUT2D eigenvalue weighted by molar-refractivity contribution is 7.74. The van der Waals surface area contributed by atoms with Gasteiger partial charge in [-0.15, -0.1) is 0 Å². The molecule has 0 unspecified atom stereocenters. The molecule has 1 heterocycles. The van der Waals surface area contributed by atoms with E-state index in [1.807, 2.05) is 0 Å². The first-order valence-electron chi connectivity index (χ1n) is 4.25. The third-order valence-electron chi connectivity index (χ3n) is 4.36. The molecule has 1 radical (unpaired) electrons. The second-order valence-corrected chi connectivity index (χ2v) is 9.21. The molecule has 1 nitrogen and oxygen atoms in total. The Balaban J connectivity index is 2.98. The average Bonchev–Trinajstić information content (AvgIpc) is 1.84. The van der Waals surface area contributed by atoms with Crippen LogP contribution in [0, 0.1) is 5.92 Å². The van der Waals surface area contributed by atoms with Gasteiger partial charge < -0.3 is 4.89 Å². The van der Waals surface area contributed by atoms with Gasteiger partial charge in [-0.1, -0.05) is 34.6 Å². The van der Waals surface area contributed by atoms with Crippen LogP contribution in [0.25, 0.3) is 0 Å². The van der Waals surface area contributed by atoms with Crippen LogP contribution in [0.3, 0.4) is 0 Å². The van der Waals surface area contributed by atoms with E-state index in [-0.39, 0.29) is 10.3 Å². The van der Waals surface area contributed by atoms with Crippen LogP contribution in [0.15, 0.2) is 0 Å². The van der Waals surface area contributed by atoms with E-state index in [0.717, 1.165) is 0 Å². The van der Waals surface area contributed by atoms with E-state index >= 15 is 0 Å². The van der Waals surface area contributed by atoms with Gasteiger partial charge in [-0.05, 0) is 20.1 Å². The first-order chi connectivity index (χ1) is 4.65. The van der Waals surface area contributed by atoms with Crippen LogP contribution in [0.5, 0.6) is 0 Å². The van der Waals surface area contributed by atoms with Crippen molar-refractivity contribution in [2.24, 2.45) is 5.92 Å². The molecule has 0 spiro atoms. The lowest BCUT2D eigenvalue weighted by Gasteiger charge is -2.69. The summed E-state index contributed by atoms with van der Waals surface area (Å²) in [4.78, 5) is 10.3. The zero-order valence-electron chi connectivity index (χ0n) is 8.47. The third kappa shape index (κ3) is 0.792. The predicted molar refractivity (Wildman–Crippen MR) is 52.4 cm³/mol. The van der Waals surface area contributed by atoms with Gasteiger partial charge in [0.05, 0.1) is 0 Å². The topological polar surface area (TPSA) is 20.2 Å². The number of hydrogen-bond donors (Lipinski definition) is 1. The van der Waals surface area contributed by atoms with Gasteiger partial charge in [0.2, 0.25) is 0 Å². The van der Waals surface area contributed by atoms with Crippen molar-refractivity contribution in [1.82, 2.24) is 0 Å². The van der Waals surface area contributed by atoms with Gasteiger partial charge in [-0.25, -0.2) is 0 Å². The van der Waals surface area contributed by atoms with Crippen LogP contribution in [0.2, 0.25) is 0 Å². The summed E-state index contributed by atoms with van der Waals surface area (Å²) in [6.07, 6.45) is 0. The van der Waals surface area contributed by atoms with Crippen molar-refractivity contribution in [3.05, 3.63) is 0 Å². The zero-order valence-corrected chi connectivity index (χ0v) is 9.37. The highest BCUT2D eigenvalue weighted by Crippen LogP contribution is 2.85. The van der Waals surface area contributed by atoms with E-state index in [4.69, 9.17) is 0 Å². The molecule has 0 aliphatic carbocycles. The molecule has 1 N–H and O–H groups in total. The van der Waals surface area contributed by atoms with E-state index in [9.17, 15) is 4.89 Å². The molecule has 0 saturated carbocycles. The van der Waals surface area contributed by atoms with E-state index in [2.05, 4.69) is 41.3 Å². The van der Waals surface area contributed by atoms with Gasteiger partial charge in [-0.3, -0.25) is 0 Å². The summed E-state index contributed by atoms with van der Waals surface area (Å²) >= 11 is 0. The highest BCUT2D eigenvalue weighted by atomic mass is 31.2. The molecule has 1 saturated heterocycles. The molecule has 11 heavy (non-hydrogen) atoms. The lowest BCUT2D eigenvalue weighted by Crippen LogP contribution is -2.60. The van der Waals surface area contributed by atoms with Crippen molar-refractivity contribution in [2.45, 2.75) is 44.9 Å². The van der Waals surface area contributed by atoms with Crippen molar-refractivity contribution >= 4 is 7.49 Å². The third-order valence-corrected chi connectivity index (χ3v) is 9.63. The Morgan fingerprint density at radius 1 is 1.09 bits per heavy atom. The van der Waals surface area contributed by atoms with Crippen LogP contribution in [0.1, 0.15) is 34.6 Å². The summed E-state index contributed by atoms with van der Waals surface area (Å²) in [7, 11) is -1.68. The molecule has 0 amide bonds.